The molecule has 6 heteroatoms. The van der Waals surface area contributed by atoms with Gasteiger partial charge in [-0.15, -0.1) is 0 Å². The van der Waals surface area contributed by atoms with E-state index in [0.717, 1.165) is 31.4 Å². The number of hydrogen-bond acceptors (Lipinski definition) is 2. The minimum Gasteiger partial charge on any atom is -0.497 e. The Kier molecular flexibility index (Phi) is 3.70. The predicted octanol–water partition coefficient (Wildman–Crippen LogP) is 5.22. The zero-order valence-corrected chi connectivity index (χ0v) is 14.5. The van der Waals surface area contributed by atoms with Gasteiger partial charge in [0, 0.05) is 15.0 Å². The monoisotopic (exact) mass is 412 g/mol. The van der Waals surface area contributed by atoms with E-state index in [1.807, 2.05) is 41.0 Å². The van der Waals surface area contributed by atoms with Crippen LogP contribution in [0.4, 0.5) is 0 Å². The topological polar surface area (TPSA) is 29.9 Å². The summed E-state index contributed by atoms with van der Waals surface area (Å²) in [7, 11) is 1.65. The van der Waals surface area contributed by atoms with E-state index >= 15 is 0 Å². The first kappa shape index (κ1) is 13.9. The Labute approximate surface area is 137 Å². The molecule has 0 aliphatic heterocycles. The molecule has 20 heavy (non-hydrogen) atoms. The van der Waals surface area contributed by atoms with Crippen molar-refractivity contribution in [2.45, 2.75) is 0 Å². The lowest BCUT2D eigenvalue weighted by Gasteiger charge is -2.08. The molecule has 3 nitrogen and oxygen atoms in total. The maximum Gasteiger partial charge on any atom is 0.182 e. The Balaban J connectivity index is 2.33. The zero-order chi connectivity index (χ0) is 14.3. The van der Waals surface area contributed by atoms with Crippen molar-refractivity contribution in [1.29, 1.82) is 0 Å². The maximum atomic E-state index is 5.45. The van der Waals surface area contributed by atoms with Crippen molar-refractivity contribution in [2.24, 2.45) is 0 Å². The smallest absolute Gasteiger partial charge is 0.182 e. The second-order valence-corrected chi connectivity index (χ2v) is 6.40. The molecule has 1 N–H and O–H groups in total. The van der Waals surface area contributed by atoms with Crippen molar-refractivity contribution in [3.63, 3.8) is 0 Å². The van der Waals surface area contributed by atoms with Crippen molar-refractivity contribution in [2.75, 3.05) is 7.11 Å². The van der Waals surface area contributed by atoms with Crippen molar-refractivity contribution < 1.29 is 4.74 Å². The molecule has 3 aromatic rings. The maximum absolute atomic E-state index is 5.45. The Morgan fingerprint density at radius 1 is 1.15 bits per heavy atom. The van der Waals surface area contributed by atoms with Crippen LogP contribution >= 0.6 is 44.1 Å². The molecule has 0 amide bonds. The number of aromatic amines is 1. The summed E-state index contributed by atoms with van der Waals surface area (Å²) in [5, 5.41) is 0. The largest absolute Gasteiger partial charge is 0.497 e. The van der Waals surface area contributed by atoms with Gasteiger partial charge in [0.05, 0.1) is 23.8 Å². The van der Waals surface area contributed by atoms with Gasteiger partial charge in [-0.2, -0.15) is 0 Å². The molecule has 1 heterocycles. The first-order chi connectivity index (χ1) is 9.60. The first-order valence-electron chi connectivity index (χ1n) is 5.84. The number of hydrogen-bond donors (Lipinski definition) is 1. The van der Waals surface area contributed by atoms with Gasteiger partial charge in [-0.1, -0.05) is 15.9 Å². The van der Waals surface area contributed by atoms with E-state index < -0.39 is 0 Å². The Bertz CT molecular complexity index is 854. The number of nitrogens with zero attached hydrogens (tertiary/aromatic N) is 1. The molecule has 0 bridgehead atoms. The molecule has 0 radical (unpaired) electrons. The van der Waals surface area contributed by atoms with Crippen molar-refractivity contribution >= 4 is 55.1 Å². The van der Waals surface area contributed by atoms with Crippen molar-refractivity contribution in [3.8, 4) is 11.4 Å². The Morgan fingerprint density at radius 3 is 2.70 bits per heavy atom. The van der Waals surface area contributed by atoms with Crippen LogP contribution in [0.3, 0.4) is 0 Å². The first-order valence-corrected chi connectivity index (χ1v) is 7.84. The van der Waals surface area contributed by atoms with E-state index in [9.17, 15) is 0 Å². The van der Waals surface area contributed by atoms with E-state index in [2.05, 4.69) is 36.8 Å². The summed E-state index contributed by atoms with van der Waals surface area (Å²) < 4.78 is 9.86. The molecule has 0 saturated carbocycles. The molecule has 3 rings (SSSR count). The third-order valence-corrected chi connectivity index (χ3v) is 4.49. The fourth-order valence-corrected chi connectivity index (χ4v) is 3.19. The number of imidazole rings is 1. The number of aromatic nitrogens is 2. The van der Waals surface area contributed by atoms with Gasteiger partial charge in [-0.25, -0.2) is 0 Å². The highest BCUT2D eigenvalue weighted by Gasteiger charge is 2.10. The molecule has 1 aromatic heterocycles. The third kappa shape index (κ3) is 2.32. The molecule has 0 fully saturated rings. The summed E-state index contributed by atoms with van der Waals surface area (Å²) in [4.78, 5) is 3.21. The van der Waals surface area contributed by atoms with Crippen LogP contribution in [-0.2, 0) is 0 Å². The Hall–Kier alpha value is -1.11. The SMILES string of the molecule is COc1ccc2c(c1)[nH]c(=S)n2-c1cc(Br)ccc1Br. The summed E-state index contributed by atoms with van der Waals surface area (Å²) in [6.45, 7) is 0. The van der Waals surface area contributed by atoms with Crippen LogP contribution in [0.1, 0.15) is 0 Å². The minimum absolute atomic E-state index is 0.645. The number of fused-ring (bicyclic) bond motifs is 1. The summed E-state index contributed by atoms with van der Waals surface area (Å²) in [5.41, 5.74) is 2.94. The van der Waals surface area contributed by atoms with E-state index in [4.69, 9.17) is 17.0 Å². The molecule has 0 aliphatic rings. The van der Waals surface area contributed by atoms with E-state index in [0.29, 0.717) is 4.77 Å². The number of H-pyrrole nitrogens is 1. The summed E-state index contributed by atoms with van der Waals surface area (Å²) >= 11 is 12.5. The molecule has 2 aromatic carbocycles. The standard InChI is InChI=1S/C14H10Br2N2OS/c1-19-9-3-5-12-11(7-9)17-14(20)18(12)13-6-8(15)2-4-10(13)16/h2-7H,1H3,(H,17,20). The van der Waals surface area contributed by atoms with Crippen LogP contribution in [0, 0.1) is 4.77 Å². The van der Waals surface area contributed by atoms with Crippen LogP contribution < -0.4 is 4.74 Å². The molecule has 0 atom stereocenters. The van der Waals surface area contributed by atoms with Crippen molar-refractivity contribution in [3.05, 3.63) is 50.1 Å². The number of rotatable bonds is 2. The number of methoxy groups -OCH3 is 1. The molecule has 0 spiro atoms. The average Bonchev–Trinajstić information content (AvgIpc) is 2.76. The van der Waals surface area contributed by atoms with E-state index in [1.165, 1.54) is 0 Å². The number of halogens is 2. The fraction of sp³-hybridized carbons (Fsp3) is 0.0714. The molecular formula is C14H10Br2N2OS. The van der Waals surface area contributed by atoms with Gasteiger partial charge < -0.3 is 9.72 Å². The predicted molar refractivity (Wildman–Crippen MR) is 90.4 cm³/mol. The quantitative estimate of drug-likeness (QED) is 0.583. The van der Waals surface area contributed by atoms with Gasteiger partial charge in [0.2, 0.25) is 0 Å². The lowest BCUT2D eigenvalue weighted by Crippen LogP contribution is -1.95. The third-order valence-electron chi connectivity index (χ3n) is 3.04. The van der Waals surface area contributed by atoms with Crippen LogP contribution in [0.25, 0.3) is 16.7 Å². The van der Waals surface area contributed by atoms with Crippen LogP contribution in [-0.4, -0.2) is 16.7 Å². The second-order valence-electron chi connectivity index (χ2n) is 4.24. The lowest BCUT2D eigenvalue weighted by atomic mass is 10.2. The van der Waals surface area contributed by atoms with Gasteiger partial charge in [-0.05, 0) is 58.5 Å². The van der Waals surface area contributed by atoms with E-state index in [1.54, 1.807) is 7.11 Å². The lowest BCUT2D eigenvalue weighted by molar-refractivity contribution is 0.415. The minimum atomic E-state index is 0.645. The molecular weight excluding hydrogens is 404 g/mol. The fourth-order valence-electron chi connectivity index (χ4n) is 2.11. The van der Waals surface area contributed by atoms with Crippen LogP contribution in [0.2, 0.25) is 0 Å². The van der Waals surface area contributed by atoms with Gasteiger partial charge in [0.15, 0.2) is 4.77 Å². The van der Waals surface area contributed by atoms with Crippen LogP contribution in [0.5, 0.6) is 5.75 Å². The highest BCUT2D eigenvalue weighted by Crippen LogP contribution is 2.29. The van der Waals surface area contributed by atoms with Gasteiger partial charge in [0.25, 0.3) is 0 Å². The van der Waals surface area contributed by atoms with Gasteiger partial charge >= 0.3 is 0 Å². The van der Waals surface area contributed by atoms with Gasteiger partial charge in [0.1, 0.15) is 5.75 Å². The number of ether oxygens (including phenoxy) is 1. The summed E-state index contributed by atoms with van der Waals surface area (Å²) in [6.07, 6.45) is 0. The van der Waals surface area contributed by atoms with Crippen LogP contribution in [0.15, 0.2) is 45.3 Å². The normalized spacial score (nSPS) is 10.9. The molecule has 0 unspecified atom stereocenters. The molecule has 102 valence electrons. The molecule has 0 aliphatic carbocycles. The number of nitrogens with one attached hydrogen (secondary N) is 1. The zero-order valence-electron chi connectivity index (χ0n) is 10.5. The summed E-state index contributed by atoms with van der Waals surface area (Å²) in [5.74, 6) is 0.800. The Morgan fingerprint density at radius 2 is 1.95 bits per heavy atom. The highest BCUT2D eigenvalue weighted by molar-refractivity contribution is 9.11. The highest BCUT2D eigenvalue weighted by atomic mass is 79.9. The molecule has 0 saturated heterocycles. The van der Waals surface area contributed by atoms with Gasteiger partial charge in [-0.3, -0.25) is 4.57 Å². The van der Waals surface area contributed by atoms with Crippen molar-refractivity contribution in [1.82, 2.24) is 9.55 Å². The second kappa shape index (κ2) is 5.35. The number of benzene rings is 2. The average molecular weight is 414 g/mol. The summed E-state index contributed by atoms with van der Waals surface area (Å²) in [6, 6.07) is 11.9. The van der Waals surface area contributed by atoms with E-state index in [-0.39, 0.29) is 0 Å².